The maximum absolute atomic E-state index is 12.3. The summed E-state index contributed by atoms with van der Waals surface area (Å²) in [6.45, 7) is 1.76. The molecule has 0 spiro atoms. The van der Waals surface area contributed by atoms with Crippen LogP contribution in [0.3, 0.4) is 0 Å². The van der Waals surface area contributed by atoms with Crippen molar-refractivity contribution >= 4 is 43.0 Å². The fraction of sp³-hybridized carbons (Fsp3) is 0.0769. The third-order valence-corrected chi connectivity index (χ3v) is 5.19. The summed E-state index contributed by atoms with van der Waals surface area (Å²) in [5, 5.41) is 10.8. The van der Waals surface area contributed by atoms with Crippen molar-refractivity contribution in [3.05, 3.63) is 56.5 Å². The van der Waals surface area contributed by atoms with E-state index in [9.17, 15) is 18.5 Å². The van der Waals surface area contributed by atoms with Crippen LogP contribution in [-0.4, -0.2) is 13.3 Å². The maximum atomic E-state index is 12.3. The second-order valence-electron chi connectivity index (χ2n) is 4.55. The molecule has 7 nitrogen and oxygen atoms in total. The lowest BCUT2D eigenvalue weighted by atomic mass is 10.2. The van der Waals surface area contributed by atoms with E-state index in [0.29, 0.717) is 0 Å². The summed E-state index contributed by atoms with van der Waals surface area (Å²) in [6, 6.07) is 8.28. The van der Waals surface area contributed by atoms with Gasteiger partial charge in [0, 0.05) is 10.5 Å². The number of hydrogen-bond donors (Lipinski definition) is 2. The Kier molecular flexibility index (Phi) is 4.38. The number of nitrogen functional groups attached to an aromatic ring is 1. The minimum absolute atomic E-state index is 0.0348. The Morgan fingerprint density at radius 1 is 1.23 bits per heavy atom. The van der Waals surface area contributed by atoms with Gasteiger partial charge in [-0.15, -0.1) is 0 Å². The van der Waals surface area contributed by atoms with Gasteiger partial charge < -0.3 is 5.73 Å². The molecule has 2 aromatic rings. The monoisotopic (exact) mass is 385 g/mol. The number of nitrogens with one attached hydrogen (secondary N) is 1. The van der Waals surface area contributed by atoms with Crippen LogP contribution in [0.25, 0.3) is 0 Å². The van der Waals surface area contributed by atoms with Crippen LogP contribution in [0.2, 0.25) is 0 Å². The molecule has 2 rings (SSSR count). The van der Waals surface area contributed by atoms with E-state index in [1.54, 1.807) is 13.0 Å². The molecule has 116 valence electrons. The number of nitro groups is 1. The Bertz CT molecular complexity index is 852. The molecular weight excluding hydrogens is 374 g/mol. The van der Waals surface area contributed by atoms with E-state index in [0.717, 1.165) is 16.1 Å². The van der Waals surface area contributed by atoms with Gasteiger partial charge in [0.05, 0.1) is 15.5 Å². The maximum Gasteiger partial charge on any atom is 0.294 e. The van der Waals surface area contributed by atoms with Crippen LogP contribution in [0.5, 0.6) is 0 Å². The molecule has 0 aliphatic rings. The van der Waals surface area contributed by atoms with E-state index in [1.807, 2.05) is 0 Å². The van der Waals surface area contributed by atoms with Gasteiger partial charge in [0.15, 0.2) is 0 Å². The zero-order valence-electron chi connectivity index (χ0n) is 11.4. The summed E-state index contributed by atoms with van der Waals surface area (Å²) in [5.41, 5.74) is 5.91. The van der Waals surface area contributed by atoms with Crippen molar-refractivity contribution in [2.45, 2.75) is 11.8 Å². The summed E-state index contributed by atoms with van der Waals surface area (Å²) in [4.78, 5) is 10.2. The Balaban J connectivity index is 2.38. The molecule has 0 radical (unpaired) electrons. The second kappa shape index (κ2) is 5.93. The number of rotatable bonds is 4. The third kappa shape index (κ3) is 3.37. The van der Waals surface area contributed by atoms with E-state index in [4.69, 9.17) is 5.73 Å². The molecule has 0 atom stereocenters. The van der Waals surface area contributed by atoms with Crippen molar-refractivity contribution in [1.82, 2.24) is 0 Å². The number of hydrogen-bond acceptors (Lipinski definition) is 5. The van der Waals surface area contributed by atoms with Crippen LogP contribution in [0, 0.1) is 17.0 Å². The fourth-order valence-corrected chi connectivity index (χ4v) is 3.14. The molecule has 0 aliphatic carbocycles. The van der Waals surface area contributed by atoms with Crippen molar-refractivity contribution in [2.24, 2.45) is 0 Å². The number of anilines is 2. The highest BCUT2D eigenvalue weighted by Crippen LogP contribution is 2.27. The largest absolute Gasteiger partial charge is 0.393 e. The lowest BCUT2D eigenvalue weighted by molar-refractivity contribution is -0.383. The van der Waals surface area contributed by atoms with Crippen molar-refractivity contribution in [2.75, 3.05) is 10.5 Å². The van der Waals surface area contributed by atoms with Gasteiger partial charge in [0.25, 0.3) is 15.7 Å². The first kappa shape index (κ1) is 16.2. The lowest BCUT2D eigenvalue weighted by Gasteiger charge is -2.09. The predicted octanol–water partition coefficient (Wildman–Crippen LogP) is 3.05. The van der Waals surface area contributed by atoms with Gasteiger partial charge in [0.2, 0.25) is 0 Å². The van der Waals surface area contributed by atoms with Crippen molar-refractivity contribution in [1.29, 1.82) is 0 Å². The molecule has 0 amide bonds. The minimum Gasteiger partial charge on any atom is -0.393 e. The Hall–Kier alpha value is -2.13. The SMILES string of the molecule is Cc1cc(S(=O)(=O)Nc2ccc(N)c([N+](=O)[O-])c2)ccc1Br. The second-order valence-corrected chi connectivity index (χ2v) is 7.08. The quantitative estimate of drug-likeness (QED) is 0.476. The van der Waals surface area contributed by atoms with E-state index in [1.165, 1.54) is 24.3 Å². The number of benzene rings is 2. The third-order valence-electron chi connectivity index (χ3n) is 2.92. The van der Waals surface area contributed by atoms with Crippen LogP contribution in [0.1, 0.15) is 5.56 Å². The van der Waals surface area contributed by atoms with Crippen LogP contribution in [0.4, 0.5) is 17.1 Å². The molecule has 0 heterocycles. The van der Waals surface area contributed by atoms with Gasteiger partial charge in [-0.3, -0.25) is 14.8 Å². The standard InChI is InChI=1S/C13H12BrN3O4S/c1-8-6-10(3-4-11(8)14)22(20,21)16-9-2-5-12(15)13(7-9)17(18)19/h2-7,16H,15H2,1H3. The Morgan fingerprint density at radius 2 is 1.91 bits per heavy atom. The summed E-state index contributed by atoms with van der Waals surface area (Å²) >= 11 is 3.29. The van der Waals surface area contributed by atoms with Crippen LogP contribution in [-0.2, 0) is 10.0 Å². The molecule has 0 saturated heterocycles. The van der Waals surface area contributed by atoms with E-state index in [-0.39, 0.29) is 22.0 Å². The first-order valence-corrected chi connectivity index (χ1v) is 8.31. The van der Waals surface area contributed by atoms with Crippen LogP contribution >= 0.6 is 15.9 Å². The summed E-state index contributed by atoms with van der Waals surface area (Å²) in [5.74, 6) is 0. The number of sulfonamides is 1. The fourth-order valence-electron chi connectivity index (χ4n) is 1.76. The Morgan fingerprint density at radius 3 is 2.50 bits per heavy atom. The molecular formula is C13H12BrN3O4S. The van der Waals surface area contributed by atoms with Gasteiger partial charge in [-0.1, -0.05) is 15.9 Å². The average molecular weight is 386 g/mol. The molecule has 0 aliphatic heterocycles. The molecule has 2 aromatic carbocycles. The Labute approximate surface area is 135 Å². The van der Waals surface area contributed by atoms with Crippen molar-refractivity contribution in [3.63, 3.8) is 0 Å². The summed E-state index contributed by atoms with van der Waals surface area (Å²) in [7, 11) is -3.84. The summed E-state index contributed by atoms with van der Waals surface area (Å²) in [6.07, 6.45) is 0. The number of nitrogens with two attached hydrogens (primary N) is 1. The smallest absolute Gasteiger partial charge is 0.294 e. The van der Waals surface area contributed by atoms with Crippen LogP contribution in [0.15, 0.2) is 45.8 Å². The first-order valence-electron chi connectivity index (χ1n) is 6.03. The molecule has 9 heteroatoms. The minimum atomic E-state index is -3.84. The van der Waals surface area contributed by atoms with E-state index >= 15 is 0 Å². The number of nitro benzene ring substituents is 1. The molecule has 0 aromatic heterocycles. The molecule has 0 saturated carbocycles. The van der Waals surface area contributed by atoms with Crippen molar-refractivity contribution < 1.29 is 13.3 Å². The molecule has 0 fully saturated rings. The van der Waals surface area contributed by atoms with E-state index in [2.05, 4.69) is 20.7 Å². The lowest BCUT2D eigenvalue weighted by Crippen LogP contribution is -2.13. The predicted molar refractivity (Wildman–Crippen MR) is 87.2 cm³/mol. The highest BCUT2D eigenvalue weighted by molar-refractivity contribution is 9.10. The molecule has 3 N–H and O–H groups in total. The zero-order chi connectivity index (χ0) is 16.5. The van der Waals surface area contributed by atoms with Gasteiger partial charge in [0.1, 0.15) is 5.69 Å². The average Bonchev–Trinajstić information content (AvgIpc) is 2.43. The highest BCUT2D eigenvalue weighted by atomic mass is 79.9. The van der Waals surface area contributed by atoms with Crippen molar-refractivity contribution in [3.8, 4) is 0 Å². The van der Waals surface area contributed by atoms with E-state index < -0.39 is 14.9 Å². The molecule has 0 bridgehead atoms. The number of aryl methyl sites for hydroxylation is 1. The normalized spacial score (nSPS) is 11.2. The van der Waals surface area contributed by atoms with Crippen LogP contribution < -0.4 is 10.5 Å². The summed E-state index contributed by atoms with van der Waals surface area (Å²) < 4.78 is 27.7. The van der Waals surface area contributed by atoms with Gasteiger partial charge in [-0.2, -0.15) is 0 Å². The molecule has 22 heavy (non-hydrogen) atoms. The van der Waals surface area contributed by atoms with Gasteiger partial charge in [-0.25, -0.2) is 8.42 Å². The topological polar surface area (TPSA) is 115 Å². The number of halogens is 1. The first-order chi connectivity index (χ1) is 10.2. The van der Waals surface area contributed by atoms with Gasteiger partial charge >= 0.3 is 0 Å². The highest BCUT2D eigenvalue weighted by Gasteiger charge is 2.18. The zero-order valence-corrected chi connectivity index (χ0v) is 13.8. The number of nitrogens with zero attached hydrogens (tertiary/aromatic N) is 1. The molecule has 0 unspecified atom stereocenters. The van der Waals surface area contributed by atoms with Gasteiger partial charge in [-0.05, 0) is 42.8 Å².